The van der Waals surface area contributed by atoms with Gasteiger partial charge in [0.05, 0.1) is 5.69 Å². The molecule has 0 radical (unpaired) electrons. The van der Waals surface area contributed by atoms with Gasteiger partial charge in [-0.15, -0.1) is 0 Å². The van der Waals surface area contributed by atoms with Crippen molar-refractivity contribution in [1.82, 2.24) is 4.31 Å². The SMILES string of the molecule is O=C(Nc1ccccc1F)c1ccc(S(=O)(=O)N2CCCC2)o1. The third-order valence-corrected chi connectivity index (χ3v) is 5.36. The summed E-state index contributed by atoms with van der Waals surface area (Å²) in [7, 11) is -3.72. The summed E-state index contributed by atoms with van der Waals surface area (Å²) >= 11 is 0. The summed E-state index contributed by atoms with van der Waals surface area (Å²) in [5, 5.41) is 2.07. The molecule has 2 heterocycles. The van der Waals surface area contributed by atoms with Crippen LogP contribution < -0.4 is 5.32 Å². The highest BCUT2D eigenvalue weighted by Crippen LogP contribution is 2.23. The fourth-order valence-electron chi connectivity index (χ4n) is 2.38. The molecule has 0 bridgehead atoms. The van der Waals surface area contributed by atoms with E-state index >= 15 is 0 Å². The summed E-state index contributed by atoms with van der Waals surface area (Å²) in [5.74, 6) is -1.48. The van der Waals surface area contributed by atoms with Crippen LogP contribution in [0.2, 0.25) is 0 Å². The number of carbonyl (C=O) groups is 1. The molecule has 1 aromatic heterocycles. The van der Waals surface area contributed by atoms with E-state index in [9.17, 15) is 17.6 Å². The van der Waals surface area contributed by atoms with Gasteiger partial charge < -0.3 is 9.73 Å². The zero-order valence-corrected chi connectivity index (χ0v) is 13.0. The van der Waals surface area contributed by atoms with Crippen molar-refractivity contribution in [2.45, 2.75) is 17.9 Å². The zero-order chi connectivity index (χ0) is 16.4. The minimum Gasteiger partial charge on any atom is -0.438 e. The largest absolute Gasteiger partial charge is 0.438 e. The van der Waals surface area contributed by atoms with Crippen molar-refractivity contribution in [2.75, 3.05) is 18.4 Å². The molecule has 1 saturated heterocycles. The normalized spacial score (nSPS) is 15.7. The first-order chi connectivity index (χ1) is 11.0. The molecule has 0 spiro atoms. The van der Waals surface area contributed by atoms with Crippen LogP contribution in [0.1, 0.15) is 23.4 Å². The Morgan fingerprint density at radius 2 is 1.83 bits per heavy atom. The van der Waals surface area contributed by atoms with E-state index in [0.29, 0.717) is 13.1 Å². The fraction of sp³-hybridized carbons (Fsp3) is 0.267. The average Bonchev–Trinajstić information content (AvgIpc) is 3.21. The van der Waals surface area contributed by atoms with Crippen LogP contribution in [0.4, 0.5) is 10.1 Å². The number of amides is 1. The third kappa shape index (κ3) is 3.13. The number of benzene rings is 1. The Kier molecular flexibility index (Phi) is 4.18. The number of nitrogens with zero attached hydrogens (tertiary/aromatic N) is 1. The number of anilines is 1. The first kappa shape index (κ1) is 15.7. The predicted molar refractivity (Wildman–Crippen MR) is 81.1 cm³/mol. The maximum Gasteiger partial charge on any atom is 0.291 e. The standard InChI is InChI=1S/C15H15FN2O4S/c16-11-5-1-2-6-12(11)17-15(19)13-7-8-14(22-13)23(20,21)18-9-3-4-10-18/h1-2,5-8H,3-4,9-10H2,(H,17,19). The number of carbonyl (C=O) groups excluding carboxylic acids is 1. The van der Waals surface area contributed by atoms with Crippen molar-refractivity contribution in [1.29, 1.82) is 0 Å². The van der Waals surface area contributed by atoms with Crippen LogP contribution in [-0.4, -0.2) is 31.7 Å². The topological polar surface area (TPSA) is 79.6 Å². The van der Waals surface area contributed by atoms with E-state index in [1.165, 1.54) is 34.6 Å². The van der Waals surface area contributed by atoms with Gasteiger partial charge in [0, 0.05) is 13.1 Å². The van der Waals surface area contributed by atoms with E-state index in [4.69, 9.17) is 4.42 Å². The lowest BCUT2D eigenvalue weighted by Crippen LogP contribution is -2.27. The molecule has 1 aliphatic rings. The second kappa shape index (κ2) is 6.13. The molecule has 122 valence electrons. The molecule has 3 rings (SSSR count). The third-order valence-electron chi connectivity index (χ3n) is 3.59. The lowest BCUT2D eigenvalue weighted by atomic mass is 10.3. The zero-order valence-electron chi connectivity index (χ0n) is 12.2. The van der Waals surface area contributed by atoms with Crippen LogP contribution >= 0.6 is 0 Å². The summed E-state index contributed by atoms with van der Waals surface area (Å²) in [5.41, 5.74) is -0.00199. The highest BCUT2D eigenvalue weighted by molar-refractivity contribution is 7.89. The molecule has 2 aromatic rings. The van der Waals surface area contributed by atoms with Gasteiger partial charge in [0.2, 0.25) is 5.09 Å². The van der Waals surface area contributed by atoms with E-state index in [1.807, 2.05) is 0 Å². The number of sulfonamides is 1. The molecule has 8 heteroatoms. The molecule has 1 fully saturated rings. The van der Waals surface area contributed by atoms with Crippen molar-refractivity contribution < 1.29 is 22.0 Å². The molecule has 0 unspecified atom stereocenters. The summed E-state index contributed by atoms with van der Waals surface area (Å²) in [6, 6.07) is 8.19. The molecule has 23 heavy (non-hydrogen) atoms. The summed E-state index contributed by atoms with van der Waals surface area (Å²) in [6.45, 7) is 0.888. The molecule has 0 atom stereocenters. The van der Waals surface area contributed by atoms with Gasteiger partial charge in [-0.2, -0.15) is 4.31 Å². The van der Waals surface area contributed by atoms with Gasteiger partial charge in [-0.1, -0.05) is 12.1 Å². The molecule has 0 saturated carbocycles. The number of nitrogens with one attached hydrogen (secondary N) is 1. The molecule has 1 aromatic carbocycles. The Hall–Kier alpha value is -2.19. The van der Waals surface area contributed by atoms with Gasteiger partial charge in [0.15, 0.2) is 5.76 Å². The van der Waals surface area contributed by atoms with Crippen molar-refractivity contribution in [3.8, 4) is 0 Å². The van der Waals surface area contributed by atoms with Gasteiger partial charge in [-0.05, 0) is 37.1 Å². The maximum absolute atomic E-state index is 13.5. The molecule has 6 nitrogen and oxygen atoms in total. The maximum atomic E-state index is 13.5. The van der Waals surface area contributed by atoms with Crippen LogP contribution in [0.15, 0.2) is 45.9 Å². The number of hydrogen-bond acceptors (Lipinski definition) is 4. The first-order valence-electron chi connectivity index (χ1n) is 7.14. The number of rotatable bonds is 4. The van der Waals surface area contributed by atoms with E-state index < -0.39 is 21.7 Å². The molecule has 1 N–H and O–H groups in total. The second-order valence-corrected chi connectivity index (χ2v) is 7.03. The molecule has 1 aliphatic heterocycles. The van der Waals surface area contributed by atoms with E-state index in [2.05, 4.69) is 5.32 Å². The monoisotopic (exact) mass is 338 g/mol. The Labute approximate surface area is 132 Å². The van der Waals surface area contributed by atoms with E-state index in [0.717, 1.165) is 12.8 Å². The number of furan rings is 1. The number of hydrogen-bond donors (Lipinski definition) is 1. The van der Waals surface area contributed by atoms with Crippen LogP contribution in [0.3, 0.4) is 0 Å². The predicted octanol–water partition coefficient (Wildman–Crippen LogP) is 2.46. The van der Waals surface area contributed by atoms with Gasteiger partial charge in [0.25, 0.3) is 15.9 Å². The van der Waals surface area contributed by atoms with Crippen molar-refractivity contribution in [2.24, 2.45) is 0 Å². The Bertz CT molecular complexity index is 826. The summed E-state index contributed by atoms with van der Waals surface area (Å²) < 4.78 is 44.7. The molecule has 1 amide bonds. The van der Waals surface area contributed by atoms with Crippen LogP contribution in [0.25, 0.3) is 0 Å². The van der Waals surface area contributed by atoms with Crippen LogP contribution in [0.5, 0.6) is 0 Å². The number of halogens is 1. The second-order valence-electron chi connectivity index (χ2n) is 5.16. The van der Waals surface area contributed by atoms with Gasteiger partial charge in [0.1, 0.15) is 5.82 Å². The Balaban J connectivity index is 1.79. The quantitative estimate of drug-likeness (QED) is 0.929. The summed E-state index contributed by atoms with van der Waals surface area (Å²) in [4.78, 5) is 12.0. The minimum absolute atomic E-state index is 0.00199. The van der Waals surface area contributed by atoms with Crippen LogP contribution in [0, 0.1) is 5.82 Å². The van der Waals surface area contributed by atoms with Crippen molar-refractivity contribution in [3.05, 3.63) is 48.0 Å². The smallest absolute Gasteiger partial charge is 0.291 e. The molecule has 0 aliphatic carbocycles. The Morgan fingerprint density at radius 1 is 1.13 bits per heavy atom. The van der Waals surface area contributed by atoms with E-state index in [-0.39, 0.29) is 16.5 Å². The van der Waals surface area contributed by atoms with Gasteiger partial charge >= 0.3 is 0 Å². The van der Waals surface area contributed by atoms with Gasteiger partial charge in [-0.25, -0.2) is 12.8 Å². The highest BCUT2D eigenvalue weighted by atomic mass is 32.2. The van der Waals surface area contributed by atoms with Crippen molar-refractivity contribution in [3.63, 3.8) is 0 Å². The fourth-order valence-corrected chi connectivity index (χ4v) is 3.81. The van der Waals surface area contributed by atoms with Gasteiger partial charge in [-0.3, -0.25) is 4.79 Å². The van der Waals surface area contributed by atoms with E-state index in [1.54, 1.807) is 6.07 Å². The summed E-state index contributed by atoms with van der Waals surface area (Å²) in [6.07, 6.45) is 1.61. The highest BCUT2D eigenvalue weighted by Gasteiger charge is 2.30. The first-order valence-corrected chi connectivity index (χ1v) is 8.58. The number of para-hydroxylation sites is 1. The Morgan fingerprint density at radius 3 is 2.52 bits per heavy atom. The average molecular weight is 338 g/mol. The van der Waals surface area contributed by atoms with Crippen LogP contribution in [-0.2, 0) is 10.0 Å². The lowest BCUT2D eigenvalue weighted by Gasteiger charge is -2.12. The molecular formula is C15H15FN2O4S. The lowest BCUT2D eigenvalue weighted by molar-refractivity contribution is 0.0991. The minimum atomic E-state index is -3.72. The van der Waals surface area contributed by atoms with Crippen molar-refractivity contribution >= 4 is 21.6 Å². The molecular weight excluding hydrogens is 323 g/mol.